The third-order valence-corrected chi connectivity index (χ3v) is 4.13. The summed E-state index contributed by atoms with van der Waals surface area (Å²) in [6, 6.07) is 8.76. The lowest BCUT2D eigenvalue weighted by Gasteiger charge is -2.11. The maximum Gasteiger partial charge on any atom is 0.417 e. The van der Waals surface area contributed by atoms with Crippen molar-refractivity contribution in [2.75, 3.05) is 11.9 Å². The molecule has 0 unspecified atom stereocenters. The molecule has 2 aromatic rings. The van der Waals surface area contributed by atoms with Crippen LogP contribution in [0.2, 0.25) is 5.02 Å². The molecule has 2 rings (SSSR count). The Morgan fingerprint density at radius 3 is 2.39 bits per heavy atom. The van der Waals surface area contributed by atoms with Crippen molar-refractivity contribution in [1.82, 2.24) is 0 Å². The fraction of sp³-hybridized carbons (Fsp3) is 0.200. The van der Waals surface area contributed by atoms with Gasteiger partial charge in [0.15, 0.2) is 6.61 Å². The minimum atomic E-state index is -4.60. The van der Waals surface area contributed by atoms with E-state index >= 15 is 0 Å². The highest BCUT2D eigenvalue weighted by Gasteiger charge is 2.33. The molecule has 0 aliphatic carbocycles. The molecule has 0 spiro atoms. The van der Waals surface area contributed by atoms with Gasteiger partial charge in [0.1, 0.15) is 0 Å². The summed E-state index contributed by atoms with van der Waals surface area (Å²) in [5.41, 5.74) is 1.48. The zero-order chi connectivity index (χ0) is 20.9. The SMILES string of the molecule is Cc1cccc(C)c1NC(=O)COC(=O)/C=C/c1ccc(Cl)c(C(F)(F)F)c1. The molecule has 0 atom stereocenters. The van der Waals surface area contributed by atoms with E-state index in [1.54, 1.807) is 0 Å². The molecule has 0 aliphatic heterocycles. The van der Waals surface area contributed by atoms with Gasteiger partial charge in [-0.3, -0.25) is 4.79 Å². The summed E-state index contributed by atoms with van der Waals surface area (Å²) in [5.74, 6) is -1.38. The summed E-state index contributed by atoms with van der Waals surface area (Å²) in [4.78, 5) is 23.7. The van der Waals surface area contributed by atoms with Crippen LogP contribution >= 0.6 is 11.6 Å². The van der Waals surface area contributed by atoms with E-state index in [9.17, 15) is 22.8 Å². The van der Waals surface area contributed by atoms with Gasteiger partial charge in [0.05, 0.1) is 10.6 Å². The van der Waals surface area contributed by atoms with Crippen molar-refractivity contribution in [2.45, 2.75) is 20.0 Å². The van der Waals surface area contributed by atoms with Crippen LogP contribution in [0.1, 0.15) is 22.3 Å². The number of hydrogen-bond donors (Lipinski definition) is 1. The van der Waals surface area contributed by atoms with Crippen LogP contribution in [0.4, 0.5) is 18.9 Å². The maximum atomic E-state index is 12.8. The number of carbonyl (C=O) groups excluding carboxylic acids is 2. The van der Waals surface area contributed by atoms with Crippen molar-refractivity contribution in [3.05, 3.63) is 69.8 Å². The Morgan fingerprint density at radius 2 is 1.79 bits per heavy atom. The molecule has 0 saturated carbocycles. The Kier molecular flexibility index (Phi) is 6.85. The molecule has 0 bridgehead atoms. The van der Waals surface area contributed by atoms with Gasteiger partial charge in [0, 0.05) is 11.8 Å². The third kappa shape index (κ3) is 5.85. The first-order valence-corrected chi connectivity index (χ1v) is 8.53. The number of anilines is 1. The van der Waals surface area contributed by atoms with Gasteiger partial charge in [-0.15, -0.1) is 0 Å². The molecule has 28 heavy (non-hydrogen) atoms. The molecule has 1 amide bonds. The number of nitrogens with one attached hydrogen (secondary N) is 1. The van der Waals surface area contributed by atoms with Gasteiger partial charge in [0.25, 0.3) is 5.91 Å². The van der Waals surface area contributed by atoms with E-state index in [0.29, 0.717) is 5.69 Å². The lowest BCUT2D eigenvalue weighted by molar-refractivity contribution is -0.142. The largest absolute Gasteiger partial charge is 0.452 e. The molecule has 0 radical (unpaired) electrons. The predicted octanol–water partition coefficient (Wildman–Crippen LogP) is 5.17. The molecular formula is C20H17ClF3NO3. The van der Waals surface area contributed by atoms with E-state index in [1.165, 1.54) is 6.07 Å². The average molecular weight is 412 g/mol. The van der Waals surface area contributed by atoms with Gasteiger partial charge in [-0.05, 0) is 48.7 Å². The number of para-hydroxylation sites is 1. The number of hydrogen-bond acceptors (Lipinski definition) is 3. The second kappa shape index (κ2) is 8.93. The first-order valence-electron chi connectivity index (χ1n) is 8.15. The van der Waals surface area contributed by atoms with Crippen LogP contribution in [0.25, 0.3) is 6.08 Å². The molecule has 8 heteroatoms. The van der Waals surface area contributed by atoms with E-state index in [0.717, 1.165) is 35.4 Å². The highest BCUT2D eigenvalue weighted by atomic mass is 35.5. The van der Waals surface area contributed by atoms with Gasteiger partial charge in [-0.25, -0.2) is 4.79 Å². The van der Waals surface area contributed by atoms with Crippen molar-refractivity contribution in [2.24, 2.45) is 0 Å². The van der Waals surface area contributed by atoms with E-state index in [1.807, 2.05) is 32.0 Å². The van der Waals surface area contributed by atoms with Crippen LogP contribution in [-0.4, -0.2) is 18.5 Å². The predicted molar refractivity (Wildman–Crippen MR) is 101 cm³/mol. The van der Waals surface area contributed by atoms with E-state index in [-0.39, 0.29) is 5.56 Å². The maximum absolute atomic E-state index is 12.8. The number of aryl methyl sites for hydroxylation is 2. The highest BCUT2D eigenvalue weighted by Crippen LogP contribution is 2.35. The van der Waals surface area contributed by atoms with E-state index in [2.05, 4.69) is 5.32 Å². The number of amides is 1. The van der Waals surface area contributed by atoms with Crippen molar-refractivity contribution >= 4 is 35.2 Å². The van der Waals surface area contributed by atoms with Crippen molar-refractivity contribution in [3.63, 3.8) is 0 Å². The summed E-state index contributed by atoms with van der Waals surface area (Å²) in [7, 11) is 0. The lowest BCUT2D eigenvalue weighted by atomic mass is 10.1. The van der Waals surface area contributed by atoms with E-state index < -0.39 is 35.2 Å². The molecule has 0 aromatic heterocycles. The van der Waals surface area contributed by atoms with Crippen LogP contribution in [0, 0.1) is 13.8 Å². The zero-order valence-corrected chi connectivity index (χ0v) is 15.8. The van der Waals surface area contributed by atoms with Crippen LogP contribution in [0.5, 0.6) is 0 Å². The molecule has 0 fully saturated rings. The van der Waals surface area contributed by atoms with Crippen molar-refractivity contribution in [1.29, 1.82) is 0 Å². The number of benzene rings is 2. The molecule has 1 N–H and O–H groups in total. The summed E-state index contributed by atoms with van der Waals surface area (Å²) in [5, 5.41) is 2.22. The van der Waals surface area contributed by atoms with Crippen molar-refractivity contribution in [3.8, 4) is 0 Å². The first kappa shape index (κ1) is 21.5. The smallest absolute Gasteiger partial charge is 0.417 e. The second-order valence-corrected chi connectivity index (χ2v) is 6.40. The third-order valence-electron chi connectivity index (χ3n) is 3.80. The molecule has 2 aromatic carbocycles. The normalized spacial score (nSPS) is 11.5. The number of alkyl halides is 3. The molecule has 0 aliphatic rings. The van der Waals surface area contributed by atoms with Gasteiger partial charge in [0.2, 0.25) is 0 Å². The first-order chi connectivity index (χ1) is 13.1. The fourth-order valence-electron chi connectivity index (χ4n) is 2.40. The van der Waals surface area contributed by atoms with Crippen LogP contribution < -0.4 is 5.32 Å². The van der Waals surface area contributed by atoms with Gasteiger partial charge in [-0.2, -0.15) is 13.2 Å². The number of rotatable bonds is 5. The number of esters is 1. The minimum Gasteiger partial charge on any atom is -0.452 e. The quantitative estimate of drug-likeness (QED) is 0.545. The topological polar surface area (TPSA) is 55.4 Å². The van der Waals surface area contributed by atoms with Gasteiger partial charge < -0.3 is 10.1 Å². The summed E-state index contributed by atoms with van der Waals surface area (Å²) in [6.45, 7) is 3.14. The Balaban J connectivity index is 1.95. The Labute approximate surface area is 165 Å². The molecule has 0 saturated heterocycles. The summed E-state index contributed by atoms with van der Waals surface area (Å²) < 4.78 is 43.3. The molecular weight excluding hydrogens is 395 g/mol. The average Bonchev–Trinajstić information content (AvgIpc) is 2.61. The van der Waals surface area contributed by atoms with Gasteiger partial charge in [-0.1, -0.05) is 35.9 Å². The Hall–Kier alpha value is -2.80. The van der Waals surface area contributed by atoms with E-state index in [4.69, 9.17) is 16.3 Å². The standard InChI is InChI=1S/C20H17ClF3NO3/c1-12-4-3-5-13(2)19(12)25-17(26)11-28-18(27)9-7-14-6-8-16(21)15(10-14)20(22,23)24/h3-10H,11H2,1-2H3,(H,25,26)/b9-7+. The van der Waals surface area contributed by atoms with Crippen LogP contribution in [0.3, 0.4) is 0 Å². The highest BCUT2D eigenvalue weighted by molar-refractivity contribution is 6.31. The molecule has 4 nitrogen and oxygen atoms in total. The van der Waals surface area contributed by atoms with Crippen molar-refractivity contribution < 1.29 is 27.5 Å². The molecule has 148 valence electrons. The lowest BCUT2D eigenvalue weighted by Crippen LogP contribution is -2.21. The van der Waals surface area contributed by atoms with Crippen LogP contribution in [0.15, 0.2) is 42.5 Å². The number of carbonyl (C=O) groups is 2. The summed E-state index contributed by atoms with van der Waals surface area (Å²) in [6.07, 6.45) is -2.51. The van der Waals surface area contributed by atoms with Gasteiger partial charge >= 0.3 is 12.1 Å². The zero-order valence-electron chi connectivity index (χ0n) is 15.1. The summed E-state index contributed by atoms with van der Waals surface area (Å²) >= 11 is 5.54. The number of halogens is 4. The molecule has 0 heterocycles. The monoisotopic (exact) mass is 411 g/mol. The fourth-order valence-corrected chi connectivity index (χ4v) is 2.62. The Bertz CT molecular complexity index is 903. The minimum absolute atomic E-state index is 0.119. The number of ether oxygens (including phenoxy) is 1. The second-order valence-electron chi connectivity index (χ2n) is 5.99. The van der Waals surface area contributed by atoms with Crippen LogP contribution in [-0.2, 0) is 20.5 Å². The Morgan fingerprint density at radius 1 is 1.14 bits per heavy atom.